The first-order valence-electron chi connectivity index (χ1n) is 11.8. The molecule has 0 bridgehead atoms. The van der Waals surface area contributed by atoms with Gasteiger partial charge in [-0.15, -0.1) is 11.3 Å². The Balaban J connectivity index is 1.52. The molecule has 198 valence electrons. The molecule has 3 amide bonds. The fraction of sp³-hybridized carbons (Fsp3) is 0.148. The molecule has 4 aromatic rings. The Kier molecular flexibility index (Phi) is 7.37. The Labute approximate surface area is 228 Å². The van der Waals surface area contributed by atoms with Gasteiger partial charge in [0.05, 0.1) is 55.6 Å². The molecule has 12 heteroatoms. The minimum atomic E-state index is -0.343. The maximum atomic E-state index is 13.9. The molecule has 2 aromatic heterocycles. The van der Waals surface area contributed by atoms with Gasteiger partial charge in [0.25, 0.3) is 0 Å². The second-order valence-corrected chi connectivity index (χ2v) is 9.13. The maximum Gasteiger partial charge on any atom is 0.330 e. The van der Waals surface area contributed by atoms with Crippen LogP contribution in [0, 0.1) is 0 Å². The number of nitrogens with one attached hydrogen (secondary N) is 2. The van der Waals surface area contributed by atoms with Gasteiger partial charge in [-0.3, -0.25) is 14.6 Å². The number of hydrogen-bond acceptors (Lipinski definition) is 9. The summed E-state index contributed by atoms with van der Waals surface area (Å²) in [5.74, 6) is 1.51. The summed E-state index contributed by atoms with van der Waals surface area (Å²) < 4.78 is 10.8. The van der Waals surface area contributed by atoms with E-state index in [9.17, 15) is 9.59 Å². The first-order valence-corrected chi connectivity index (χ1v) is 12.8. The van der Waals surface area contributed by atoms with Crippen LogP contribution in [0.3, 0.4) is 0 Å². The average molecular weight is 544 g/mol. The van der Waals surface area contributed by atoms with Gasteiger partial charge in [-0.25, -0.2) is 14.8 Å². The number of carbonyl (C=O) groups excluding carboxylic acids is 2. The number of rotatable bonds is 9. The summed E-state index contributed by atoms with van der Waals surface area (Å²) >= 11 is 1.45. The molecule has 39 heavy (non-hydrogen) atoms. The number of ether oxygens (including phenoxy) is 2. The molecule has 0 spiro atoms. The first-order chi connectivity index (χ1) is 19.0. The summed E-state index contributed by atoms with van der Waals surface area (Å²) in [5.41, 5.74) is 4.93. The van der Waals surface area contributed by atoms with Crippen molar-refractivity contribution >= 4 is 52.1 Å². The van der Waals surface area contributed by atoms with Gasteiger partial charge in [0, 0.05) is 35.3 Å². The van der Waals surface area contributed by atoms with E-state index in [1.807, 2.05) is 11.4 Å². The molecule has 2 aromatic carbocycles. The zero-order valence-corrected chi connectivity index (χ0v) is 22.1. The molecule has 5 rings (SSSR count). The lowest BCUT2D eigenvalue weighted by atomic mass is 10.1. The van der Waals surface area contributed by atoms with Crippen LogP contribution < -0.4 is 29.9 Å². The molecule has 1 aliphatic heterocycles. The third-order valence-electron chi connectivity index (χ3n) is 5.96. The fourth-order valence-corrected chi connectivity index (χ4v) is 4.60. The van der Waals surface area contributed by atoms with Gasteiger partial charge in [0.2, 0.25) is 11.9 Å². The van der Waals surface area contributed by atoms with E-state index in [1.165, 1.54) is 17.4 Å². The summed E-state index contributed by atoms with van der Waals surface area (Å²) in [7, 11) is 3.12. The van der Waals surface area contributed by atoms with Crippen LogP contribution in [-0.4, -0.2) is 41.1 Å². The highest BCUT2D eigenvalue weighted by atomic mass is 32.1. The van der Waals surface area contributed by atoms with Crippen LogP contribution in [0.2, 0.25) is 0 Å². The van der Waals surface area contributed by atoms with E-state index in [1.54, 1.807) is 72.1 Å². The van der Waals surface area contributed by atoms with Crippen molar-refractivity contribution in [2.75, 3.05) is 34.7 Å². The second kappa shape index (κ2) is 11.2. The second-order valence-electron chi connectivity index (χ2n) is 8.41. The summed E-state index contributed by atoms with van der Waals surface area (Å²) in [5, 5.41) is 7.80. The Morgan fingerprint density at radius 2 is 1.87 bits per heavy atom. The minimum absolute atomic E-state index is 0.218. The van der Waals surface area contributed by atoms with Gasteiger partial charge in [-0.05, 0) is 18.2 Å². The highest BCUT2D eigenvalue weighted by Crippen LogP contribution is 2.36. The predicted octanol–water partition coefficient (Wildman–Crippen LogP) is 4.97. The molecule has 1 aliphatic rings. The van der Waals surface area contributed by atoms with Crippen LogP contribution in [0.5, 0.6) is 11.5 Å². The number of nitrogens with zero attached hydrogens (tertiary/aromatic N) is 5. The van der Waals surface area contributed by atoms with E-state index < -0.39 is 0 Å². The number of benzene rings is 2. The number of methoxy groups -OCH3 is 2. The molecule has 0 fully saturated rings. The van der Waals surface area contributed by atoms with Crippen LogP contribution >= 0.6 is 11.3 Å². The Hall–Kier alpha value is -4.97. The van der Waals surface area contributed by atoms with Crippen molar-refractivity contribution in [3.63, 3.8) is 0 Å². The van der Waals surface area contributed by atoms with Crippen LogP contribution in [0.4, 0.5) is 33.6 Å². The number of anilines is 5. The third-order valence-corrected chi connectivity index (χ3v) is 6.59. The third kappa shape index (κ3) is 5.50. The Bertz CT molecular complexity index is 1500. The minimum Gasteiger partial charge on any atom is -0.497 e. The standard InChI is InChI=1S/C27H25N7O4S/c1-4-24(35)30-22-7-5-6-8-23(22)31-26-28-12-17-13-33(19-9-20(37-2)11-21(10-19)38-3)27(36)34(25(17)32-26)14-18-15-39-16-29-18/h4-12,15-16H,1,13-14H2,2-3H3,(H,30,35)(H,28,31,32). The van der Waals surface area contributed by atoms with Crippen molar-refractivity contribution in [1.29, 1.82) is 0 Å². The van der Waals surface area contributed by atoms with Crippen molar-refractivity contribution in [3.8, 4) is 11.5 Å². The number of thiazole rings is 1. The molecule has 0 radical (unpaired) electrons. The molecule has 0 saturated heterocycles. The highest BCUT2D eigenvalue weighted by Gasteiger charge is 2.34. The number of aromatic nitrogens is 3. The number of para-hydroxylation sites is 2. The zero-order chi connectivity index (χ0) is 27.4. The van der Waals surface area contributed by atoms with Crippen LogP contribution in [0.1, 0.15) is 11.3 Å². The number of hydrogen-bond donors (Lipinski definition) is 2. The van der Waals surface area contributed by atoms with Gasteiger partial charge in [-0.1, -0.05) is 18.7 Å². The van der Waals surface area contributed by atoms with Crippen molar-refractivity contribution < 1.29 is 19.1 Å². The molecular weight excluding hydrogens is 518 g/mol. The van der Waals surface area contributed by atoms with Gasteiger partial charge < -0.3 is 20.1 Å². The lowest BCUT2D eigenvalue weighted by molar-refractivity contribution is -0.111. The molecular formula is C27H25N7O4S. The van der Waals surface area contributed by atoms with Crippen LogP contribution in [-0.2, 0) is 17.9 Å². The summed E-state index contributed by atoms with van der Waals surface area (Å²) in [6, 6.07) is 12.2. The van der Waals surface area contributed by atoms with Gasteiger partial charge in [0.15, 0.2) is 0 Å². The van der Waals surface area contributed by atoms with E-state index in [0.717, 1.165) is 11.3 Å². The first kappa shape index (κ1) is 25.7. The summed E-state index contributed by atoms with van der Waals surface area (Å²) in [6.07, 6.45) is 2.87. The van der Waals surface area contributed by atoms with E-state index in [2.05, 4.69) is 27.2 Å². The summed E-state index contributed by atoms with van der Waals surface area (Å²) in [6.45, 7) is 3.95. The molecule has 0 aliphatic carbocycles. The molecule has 0 atom stereocenters. The monoisotopic (exact) mass is 543 g/mol. The van der Waals surface area contributed by atoms with Gasteiger partial charge in [-0.2, -0.15) is 4.98 Å². The topological polar surface area (TPSA) is 122 Å². The van der Waals surface area contributed by atoms with E-state index in [-0.39, 0.29) is 31.0 Å². The van der Waals surface area contributed by atoms with E-state index in [0.29, 0.717) is 34.4 Å². The molecule has 11 nitrogen and oxygen atoms in total. The lowest BCUT2D eigenvalue weighted by Crippen LogP contribution is -2.47. The summed E-state index contributed by atoms with van der Waals surface area (Å²) in [4.78, 5) is 42.5. The van der Waals surface area contributed by atoms with Crippen molar-refractivity contribution in [2.24, 2.45) is 0 Å². The molecule has 0 unspecified atom stereocenters. The number of fused-ring (bicyclic) bond motifs is 1. The smallest absolute Gasteiger partial charge is 0.330 e. The van der Waals surface area contributed by atoms with Crippen LogP contribution in [0.15, 0.2) is 72.2 Å². The van der Waals surface area contributed by atoms with Gasteiger partial charge >= 0.3 is 6.03 Å². The van der Waals surface area contributed by atoms with Crippen LogP contribution in [0.25, 0.3) is 0 Å². The Morgan fingerprint density at radius 3 is 2.54 bits per heavy atom. The predicted molar refractivity (Wildman–Crippen MR) is 150 cm³/mol. The molecule has 0 saturated carbocycles. The number of amides is 3. The lowest BCUT2D eigenvalue weighted by Gasteiger charge is -2.36. The number of carbonyl (C=O) groups is 2. The van der Waals surface area contributed by atoms with Crippen molar-refractivity contribution in [3.05, 3.63) is 83.5 Å². The van der Waals surface area contributed by atoms with E-state index in [4.69, 9.17) is 14.5 Å². The zero-order valence-electron chi connectivity index (χ0n) is 21.2. The average Bonchev–Trinajstić information content (AvgIpc) is 3.48. The fourth-order valence-electron chi connectivity index (χ4n) is 4.05. The van der Waals surface area contributed by atoms with E-state index >= 15 is 0 Å². The molecule has 3 heterocycles. The largest absolute Gasteiger partial charge is 0.497 e. The van der Waals surface area contributed by atoms with Crippen molar-refractivity contribution in [1.82, 2.24) is 15.0 Å². The molecule has 2 N–H and O–H groups in total. The van der Waals surface area contributed by atoms with Gasteiger partial charge in [0.1, 0.15) is 17.3 Å². The SMILES string of the molecule is C=CC(=O)Nc1ccccc1Nc1ncc2c(n1)N(Cc1cscn1)C(=O)N(c1cc(OC)cc(OC)c1)C2. The highest BCUT2D eigenvalue weighted by molar-refractivity contribution is 7.07. The Morgan fingerprint density at radius 1 is 1.13 bits per heavy atom. The number of urea groups is 1. The normalized spacial score (nSPS) is 12.5. The quantitative estimate of drug-likeness (QED) is 0.284. The maximum absolute atomic E-state index is 13.9. The van der Waals surface area contributed by atoms with Crippen molar-refractivity contribution in [2.45, 2.75) is 13.1 Å².